The van der Waals surface area contributed by atoms with E-state index in [4.69, 9.17) is 4.74 Å². The largest absolute Gasteiger partial charge is 0.373 e. The van der Waals surface area contributed by atoms with Gasteiger partial charge in [0.25, 0.3) is 0 Å². The zero-order valence-electron chi connectivity index (χ0n) is 11.8. The summed E-state index contributed by atoms with van der Waals surface area (Å²) in [5, 5.41) is 0. The molecule has 4 nitrogen and oxygen atoms in total. The first-order valence-corrected chi connectivity index (χ1v) is 7.78. The Balaban J connectivity index is 1.37. The van der Waals surface area contributed by atoms with Gasteiger partial charge in [-0.15, -0.1) is 0 Å². The number of amides is 1. The molecule has 106 valence electrons. The van der Waals surface area contributed by atoms with Gasteiger partial charge in [-0.1, -0.05) is 6.42 Å². The third-order valence-corrected chi connectivity index (χ3v) is 6.01. The van der Waals surface area contributed by atoms with Gasteiger partial charge in [0.05, 0.1) is 18.8 Å². The quantitative estimate of drug-likeness (QED) is 0.711. The maximum atomic E-state index is 12.6. The van der Waals surface area contributed by atoms with E-state index < -0.39 is 0 Å². The predicted molar refractivity (Wildman–Crippen MR) is 71.7 cm³/mol. The molecular weight excluding hydrogens is 240 g/mol. The van der Waals surface area contributed by atoms with Crippen LogP contribution < -0.4 is 0 Å². The summed E-state index contributed by atoms with van der Waals surface area (Å²) >= 11 is 0. The standard InChI is InChI=1S/C15H24N2O2/c1-16-5-6-19-13-10-17(9-12(13)16)14(18)11-7-15(8-11)3-2-4-15/h11-13H,2-10H2,1H3/t12-,13+/m0/s1. The summed E-state index contributed by atoms with van der Waals surface area (Å²) in [6.45, 7) is 3.50. The summed E-state index contributed by atoms with van der Waals surface area (Å²) in [5.41, 5.74) is 0.597. The second-order valence-electron chi connectivity index (χ2n) is 7.16. The van der Waals surface area contributed by atoms with Crippen LogP contribution in [0.3, 0.4) is 0 Å². The molecule has 2 saturated heterocycles. The first-order valence-electron chi connectivity index (χ1n) is 7.78. The number of fused-ring (bicyclic) bond motifs is 1. The minimum Gasteiger partial charge on any atom is -0.373 e. The Kier molecular flexibility index (Phi) is 2.68. The Hall–Kier alpha value is -0.610. The SMILES string of the molecule is CN1CCO[C@@H]2CN(C(=O)C3CC4(CCC4)C3)C[C@@H]21. The fraction of sp³-hybridized carbons (Fsp3) is 0.933. The van der Waals surface area contributed by atoms with Gasteiger partial charge >= 0.3 is 0 Å². The van der Waals surface area contributed by atoms with Crippen molar-refractivity contribution in [3.05, 3.63) is 0 Å². The molecule has 0 radical (unpaired) electrons. The second-order valence-corrected chi connectivity index (χ2v) is 7.16. The highest BCUT2D eigenvalue weighted by molar-refractivity contribution is 5.80. The van der Waals surface area contributed by atoms with Crippen molar-refractivity contribution in [2.75, 3.05) is 33.3 Å². The molecule has 4 rings (SSSR count). The van der Waals surface area contributed by atoms with Gasteiger partial charge in [0.1, 0.15) is 0 Å². The summed E-state index contributed by atoms with van der Waals surface area (Å²) in [7, 11) is 2.15. The fourth-order valence-corrected chi connectivity index (χ4v) is 4.54. The van der Waals surface area contributed by atoms with E-state index in [1.54, 1.807) is 0 Å². The van der Waals surface area contributed by atoms with E-state index in [1.165, 1.54) is 19.3 Å². The number of ether oxygens (including phenoxy) is 1. The number of likely N-dealkylation sites (N-methyl/N-ethyl adjacent to an activating group) is 1. The number of hydrogen-bond donors (Lipinski definition) is 0. The van der Waals surface area contributed by atoms with E-state index in [-0.39, 0.29) is 6.10 Å². The Morgan fingerprint density at radius 2 is 2.05 bits per heavy atom. The van der Waals surface area contributed by atoms with Gasteiger partial charge < -0.3 is 9.64 Å². The van der Waals surface area contributed by atoms with Gasteiger partial charge in [-0.25, -0.2) is 0 Å². The molecule has 4 aliphatic rings. The van der Waals surface area contributed by atoms with E-state index in [1.807, 2.05) is 0 Å². The lowest BCUT2D eigenvalue weighted by molar-refractivity contribution is -0.147. The number of nitrogens with zero attached hydrogens (tertiary/aromatic N) is 2. The van der Waals surface area contributed by atoms with Crippen molar-refractivity contribution < 1.29 is 9.53 Å². The normalized spacial score (nSPS) is 37.8. The molecule has 4 fully saturated rings. The average Bonchev–Trinajstić information content (AvgIpc) is 2.70. The number of likely N-dealkylation sites (tertiary alicyclic amines) is 1. The monoisotopic (exact) mass is 264 g/mol. The van der Waals surface area contributed by atoms with E-state index in [2.05, 4.69) is 16.8 Å². The van der Waals surface area contributed by atoms with Crippen LogP contribution in [0.4, 0.5) is 0 Å². The fourth-order valence-electron chi connectivity index (χ4n) is 4.54. The van der Waals surface area contributed by atoms with Crippen LogP contribution in [0.1, 0.15) is 32.1 Å². The minimum absolute atomic E-state index is 0.250. The van der Waals surface area contributed by atoms with Crippen molar-refractivity contribution in [3.8, 4) is 0 Å². The summed E-state index contributed by atoms with van der Waals surface area (Å²) in [4.78, 5) is 17.0. The molecule has 0 bridgehead atoms. The van der Waals surface area contributed by atoms with Crippen LogP contribution in [-0.4, -0.2) is 61.1 Å². The third-order valence-electron chi connectivity index (χ3n) is 6.01. The van der Waals surface area contributed by atoms with Crippen molar-refractivity contribution in [3.63, 3.8) is 0 Å². The van der Waals surface area contributed by atoms with Crippen LogP contribution in [0.25, 0.3) is 0 Å². The van der Waals surface area contributed by atoms with Crippen molar-refractivity contribution in [1.82, 2.24) is 9.80 Å². The molecule has 2 aliphatic carbocycles. The number of carbonyl (C=O) groups excluding carboxylic acids is 1. The van der Waals surface area contributed by atoms with Crippen LogP contribution in [-0.2, 0) is 9.53 Å². The lowest BCUT2D eigenvalue weighted by atomic mass is 9.51. The topological polar surface area (TPSA) is 32.8 Å². The summed E-state index contributed by atoms with van der Waals surface area (Å²) in [6, 6.07) is 0.426. The molecule has 0 aromatic heterocycles. The Morgan fingerprint density at radius 1 is 1.26 bits per heavy atom. The third kappa shape index (κ3) is 1.83. The van der Waals surface area contributed by atoms with Gasteiger partial charge in [0, 0.05) is 25.6 Å². The van der Waals surface area contributed by atoms with E-state index >= 15 is 0 Å². The van der Waals surface area contributed by atoms with Gasteiger partial charge in [-0.05, 0) is 38.1 Å². The number of carbonyl (C=O) groups is 1. The lowest BCUT2D eigenvalue weighted by Crippen LogP contribution is -2.50. The first kappa shape index (κ1) is 12.2. The second kappa shape index (κ2) is 4.19. The first-order chi connectivity index (χ1) is 9.17. The molecule has 0 aromatic carbocycles. The summed E-state index contributed by atoms with van der Waals surface area (Å²) in [5.74, 6) is 0.731. The van der Waals surface area contributed by atoms with Crippen LogP contribution in [0.5, 0.6) is 0 Å². The molecule has 19 heavy (non-hydrogen) atoms. The summed E-state index contributed by atoms with van der Waals surface area (Å²) in [6.07, 6.45) is 6.69. The highest BCUT2D eigenvalue weighted by atomic mass is 16.5. The highest BCUT2D eigenvalue weighted by Gasteiger charge is 2.52. The van der Waals surface area contributed by atoms with Crippen molar-refractivity contribution in [1.29, 1.82) is 0 Å². The van der Waals surface area contributed by atoms with Crippen molar-refractivity contribution in [2.45, 2.75) is 44.2 Å². The summed E-state index contributed by atoms with van der Waals surface area (Å²) < 4.78 is 5.82. The van der Waals surface area contributed by atoms with Crippen molar-refractivity contribution >= 4 is 5.91 Å². The van der Waals surface area contributed by atoms with E-state index in [0.717, 1.165) is 39.1 Å². The average molecular weight is 264 g/mol. The number of rotatable bonds is 1. The Bertz CT molecular complexity index is 386. The van der Waals surface area contributed by atoms with Crippen LogP contribution in [0, 0.1) is 11.3 Å². The maximum Gasteiger partial charge on any atom is 0.225 e. The Labute approximate surface area is 115 Å². The minimum atomic E-state index is 0.250. The molecule has 2 atom stereocenters. The zero-order chi connectivity index (χ0) is 13.0. The Morgan fingerprint density at radius 3 is 2.68 bits per heavy atom. The molecule has 2 aliphatic heterocycles. The molecule has 0 N–H and O–H groups in total. The van der Waals surface area contributed by atoms with Crippen LogP contribution in [0.15, 0.2) is 0 Å². The smallest absolute Gasteiger partial charge is 0.225 e. The number of morpholine rings is 1. The highest BCUT2D eigenvalue weighted by Crippen LogP contribution is 2.59. The van der Waals surface area contributed by atoms with Gasteiger partial charge in [-0.3, -0.25) is 9.69 Å². The van der Waals surface area contributed by atoms with Gasteiger partial charge in [-0.2, -0.15) is 0 Å². The molecule has 0 unspecified atom stereocenters. The van der Waals surface area contributed by atoms with Gasteiger partial charge in [0.15, 0.2) is 0 Å². The maximum absolute atomic E-state index is 12.6. The molecule has 0 aromatic rings. The molecular formula is C15H24N2O2. The van der Waals surface area contributed by atoms with Crippen LogP contribution >= 0.6 is 0 Å². The van der Waals surface area contributed by atoms with E-state index in [9.17, 15) is 4.79 Å². The van der Waals surface area contributed by atoms with Gasteiger partial charge in [0.2, 0.25) is 5.91 Å². The lowest BCUT2D eigenvalue weighted by Gasteiger charge is -2.54. The zero-order valence-corrected chi connectivity index (χ0v) is 11.8. The van der Waals surface area contributed by atoms with Crippen molar-refractivity contribution in [2.24, 2.45) is 11.3 Å². The molecule has 2 saturated carbocycles. The molecule has 1 spiro atoms. The van der Waals surface area contributed by atoms with E-state index in [0.29, 0.717) is 23.3 Å². The molecule has 4 heteroatoms. The molecule has 1 amide bonds. The van der Waals surface area contributed by atoms with Crippen LogP contribution in [0.2, 0.25) is 0 Å². The predicted octanol–water partition coefficient (Wildman–Crippen LogP) is 1.11. The number of hydrogen-bond acceptors (Lipinski definition) is 3. The molecule has 2 heterocycles.